The molecule has 0 spiro atoms. The highest BCUT2D eigenvalue weighted by Crippen LogP contribution is 2.11. The Labute approximate surface area is 125 Å². The third-order valence-corrected chi connectivity index (χ3v) is 2.77. The van der Waals surface area contributed by atoms with E-state index in [1.165, 1.54) is 0 Å². The molecule has 1 amide bonds. The monoisotopic (exact) mass is 311 g/mol. The normalized spacial score (nSPS) is 14.2. The standard InChI is InChI=1S/C13H23Cl2NO3/c1-4-7-10(8-5-2)19-11(18-6-3)9-16-13(17)12(14)15/h4,10-12H,1,5-9H2,2-3H3,(H,16,17). The highest BCUT2D eigenvalue weighted by atomic mass is 35.5. The second-order valence-electron chi connectivity index (χ2n) is 4.00. The minimum atomic E-state index is -1.08. The van der Waals surface area contributed by atoms with Crippen molar-refractivity contribution in [3.63, 3.8) is 0 Å². The first-order valence-electron chi connectivity index (χ1n) is 6.48. The largest absolute Gasteiger partial charge is 0.351 e. The van der Waals surface area contributed by atoms with Gasteiger partial charge in [0.2, 0.25) is 0 Å². The molecule has 0 aliphatic heterocycles. The van der Waals surface area contributed by atoms with E-state index in [2.05, 4.69) is 18.8 Å². The molecule has 0 aromatic rings. The summed E-state index contributed by atoms with van der Waals surface area (Å²) in [5.41, 5.74) is 0. The van der Waals surface area contributed by atoms with Gasteiger partial charge in [-0.05, 0) is 19.8 Å². The van der Waals surface area contributed by atoms with Crippen LogP contribution >= 0.6 is 23.2 Å². The molecule has 0 aromatic carbocycles. The van der Waals surface area contributed by atoms with E-state index in [9.17, 15) is 4.79 Å². The molecule has 19 heavy (non-hydrogen) atoms. The molecule has 0 aliphatic rings. The maximum absolute atomic E-state index is 11.3. The first kappa shape index (κ1) is 18.7. The lowest BCUT2D eigenvalue weighted by Crippen LogP contribution is -2.39. The molecule has 0 heterocycles. The average Bonchev–Trinajstić information content (AvgIpc) is 2.36. The molecule has 0 bridgehead atoms. The van der Waals surface area contributed by atoms with Crippen LogP contribution < -0.4 is 5.32 Å². The van der Waals surface area contributed by atoms with Crippen molar-refractivity contribution in [2.75, 3.05) is 13.2 Å². The molecule has 0 aromatic heterocycles. The summed E-state index contributed by atoms with van der Waals surface area (Å²) in [7, 11) is 0. The number of carbonyl (C=O) groups is 1. The van der Waals surface area contributed by atoms with Crippen molar-refractivity contribution < 1.29 is 14.3 Å². The van der Waals surface area contributed by atoms with E-state index in [-0.39, 0.29) is 12.6 Å². The predicted molar refractivity (Wildman–Crippen MR) is 78.5 cm³/mol. The van der Waals surface area contributed by atoms with Crippen LogP contribution in [0.1, 0.15) is 33.1 Å². The van der Waals surface area contributed by atoms with Crippen LogP contribution in [0.3, 0.4) is 0 Å². The van der Waals surface area contributed by atoms with E-state index in [0.29, 0.717) is 6.61 Å². The second kappa shape index (κ2) is 11.5. The summed E-state index contributed by atoms with van der Waals surface area (Å²) in [6.45, 7) is 8.38. The highest BCUT2D eigenvalue weighted by molar-refractivity contribution is 6.53. The minimum absolute atomic E-state index is 0.0405. The molecule has 0 rings (SSSR count). The van der Waals surface area contributed by atoms with E-state index in [1.807, 2.05) is 13.0 Å². The van der Waals surface area contributed by atoms with Gasteiger partial charge in [0.15, 0.2) is 11.1 Å². The van der Waals surface area contributed by atoms with Gasteiger partial charge in [-0.25, -0.2) is 0 Å². The summed E-state index contributed by atoms with van der Waals surface area (Å²) in [4.78, 5) is 10.2. The molecule has 0 saturated carbocycles. The molecule has 112 valence electrons. The van der Waals surface area contributed by atoms with Gasteiger partial charge >= 0.3 is 0 Å². The lowest BCUT2D eigenvalue weighted by molar-refractivity contribution is -0.167. The molecule has 1 N–H and O–H groups in total. The number of rotatable bonds is 11. The van der Waals surface area contributed by atoms with Crippen LogP contribution in [-0.2, 0) is 14.3 Å². The Hall–Kier alpha value is -0.290. The van der Waals surface area contributed by atoms with E-state index >= 15 is 0 Å². The zero-order chi connectivity index (χ0) is 14.7. The van der Waals surface area contributed by atoms with Gasteiger partial charge in [-0.2, -0.15) is 0 Å². The Morgan fingerprint density at radius 2 is 2.11 bits per heavy atom. The van der Waals surface area contributed by atoms with Crippen molar-refractivity contribution in [1.82, 2.24) is 5.32 Å². The van der Waals surface area contributed by atoms with Crippen LogP contribution in [0.5, 0.6) is 0 Å². The topological polar surface area (TPSA) is 47.6 Å². The summed E-state index contributed by atoms with van der Waals surface area (Å²) in [6, 6.07) is 0. The highest BCUT2D eigenvalue weighted by Gasteiger charge is 2.18. The van der Waals surface area contributed by atoms with Crippen molar-refractivity contribution in [1.29, 1.82) is 0 Å². The first-order valence-corrected chi connectivity index (χ1v) is 7.36. The molecular weight excluding hydrogens is 289 g/mol. The van der Waals surface area contributed by atoms with Gasteiger partial charge in [0, 0.05) is 6.61 Å². The summed E-state index contributed by atoms with van der Waals surface area (Å²) in [5.74, 6) is -0.451. The maximum atomic E-state index is 11.3. The van der Waals surface area contributed by atoms with Crippen molar-refractivity contribution in [2.45, 2.75) is 50.3 Å². The zero-order valence-corrected chi connectivity index (χ0v) is 13.0. The minimum Gasteiger partial charge on any atom is -0.351 e. The third-order valence-electron chi connectivity index (χ3n) is 2.38. The molecule has 0 fully saturated rings. The van der Waals surface area contributed by atoms with Crippen molar-refractivity contribution in [3.8, 4) is 0 Å². The molecular formula is C13H23Cl2NO3. The summed E-state index contributed by atoms with van der Waals surface area (Å²) in [6.07, 6.45) is 4.03. The lowest BCUT2D eigenvalue weighted by atomic mass is 10.1. The fraction of sp³-hybridized carbons (Fsp3) is 0.769. The molecule has 0 aliphatic carbocycles. The van der Waals surface area contributed by atoms with Crippen molar-refractivity contribution >= 4 is 29.1 Å². The van der Waals surface area contributed by atoms with Crippen molar-refractivity contribution in [2.24, 2.45) is 0 Å². The van der Waals surface area contributed by atoms with E-state index in [0.717, 1.165) is 19.3 Å². The predicted octanol–water partition coefficient (Wildman–Crippen LogP) is 3.03. The maximum Gasteiger partial charge on any atom is 0.253 e. The average molecular weight is 312 g/mol. The SMILES string of the molecule is C=CCC(CCC)OC(CNC(=O)C(Cl)Cl)OCC. The summed E-state index contributed by atoms with van der Waals surface area (Å²) in [5, 5.41) is 2.58. The van der Waals surface area contributed by atoms with E-state index < -0.39 is 17.0 Å². The molecule has 4 nitrogen and oxygen atoms in total. The number of amides is 1. The fourth-order valence-electron chi connectivity index (χ4n) is 1.56. The van der Waals surface area contributed by atoms with Crippen LogP contribution in [0.25, 0.3) is 0 Å². The zero-order valence-electron chi connectivity index (χ0n) is 11.5. The Bertz CT molecular complexity index is 262. The molecule has 6 heteroatoms. The quantitative estimate of drug-likeness (QED) is 0.362. The molecule has 0 radical (unpaired) electrons. The van der Waals surface area contributed by atoms with Gasteiger partial charge in [0.1, 0.15) is 0 Å². The second-order valence-corrected chi connectivity index (χ2v) is 5.10. The number of alkyl halides is 2. The Balaban J connectivity index is 4.28. The smallest absolute Gasteiger partial charge is 0.253 e. The number of carbonyl (C=O) groups excluding carboxylic acids is 1. The molecule has 2 unspecified atom stereocenters. The Morgan fingerprint density at radius 1 is 1.42 bits per heavy atom. The number of hydrogen-bond acceptors (Lipinski definition) is 3. The third kappa shape index (κ3) is 9.27. The number of ether oxygens (including phenoxy) is 2. The van der Waals surface area contributed by atoms with E-state index in [1.54, 1.807) is 0 Å². The first-order chi connectivity index (χ1) is 9.04. The van der Waals surface area contributed by atoms with Gasteiger partial charge in [-0.3, -0.25) is 4.79 Å². The molecule has 0 saturated heterocycles. The number of nitrogens with one attached hydrogen (secondary N) is 1. The van der Waals surface area contributed by atoms with Gasteiger partial charge in [-0.15, -0.1) is 6.58 Å². The fourth-order valence-corrected chi connectivity index (χ4v) is 1.71. The lowest BCUT2D eigenvalue weighted by Gasteiger charge is -2.24. The van der Waals surface area contributed by atoms with Crippen LogP contribution in [0.2, 0.25) is 0 Å². The van der Waals surface area contributed by atoms with Gasteiger partial charge in [-0.1, -0.05) is 42.6 Å². The number of hydrogen-bond donors (Lipinski definition) is 1. The van der Waals surface area contributed by atoms with E-state index in [4.69, 9.17) is 32.7 Å². The Kier molecular flexibility index (Phi) is 11.4. The number of halogens is 2. The van der Waals surface area contributed by atoms with Gasteiger partial charge in [0.05, 0.1) is 12.6 Å². The molecule has 2 atom stereocenters. The van der Waals surface area contributed by atoms with Gasteiger partial charge in [0.25, 0.3) is 5.91 Å². The van der Waals surface area contributed by atoms with Gasteiger partial charge < -0.3 is 14.8 Å². The van der Waals surface area contributed by atoms with Crippen LogP contribution in [-0.4, -0.2) is 36.3 Å². The summed E-state index contributed by atoms with van der Waals surface area (Å²) < 4.78 is 11.2. The van der Waals surface area contributed by atoms with Crippen molar-refractivity contribution in [3.05, 3.63) is 12.7 Å². The van der Waals surface area contributed by atoms with Crippen LogP contribution in [0.15, 0.2) is 12.7 Å². The van der Waals surface area contributed by atoms with Crippen LogP contribution in [0, 0.1) is 0 Å². The Morgan fingerprint density at radius 3 is 2.58 bits per heavy atom. The van der Waals surface area contributed by atoms with Crippen LogP contribution in [0.4, 0.5) is 0 Å². The summed E-state index contributed by atoms with van der Waals surface area (Å²) >= 11 is 10.9.